The summed E-state index contributed by atoms with van der Waals surface area (Å²) in [6, 6.07) is 35.8. The summed E-state index contributed by atoms with van der Waals surface area (Å²) in [6.45, 7) is 0. The molecule has 33 heavy (non-hydrogen) atoms. The van der Waals surface area contributed by atoms with Crippen LogP contribution in [0.3, 0.4) is 0 Å². The predicted molar refractivity (Wildman–Crippen MR) is 126 cm³/mol. The van der Waals surface area contributed by atoms with Gasteiger partial charge in [0.1, 0.15) is 0 Å². The van der Waals surface area contributed by atoms with Gasteiger partial charge in [-0.3, -0.25) is 9.97 Å². The Morgan fingerprint density at radius 2 is 1.18 bits per heavy atom. The first-order valence-electron chi connectivity index (χ1n) is 10.2. The van der Waals surface area contributed by atoms with E-state index in [9.17, 15) is 4.39 Å². The topological polar surface area (TPSA) is 39.9 Å². The van der Waals surface area contributed by atoms with Gasteiger partial charge < -0.3 is 4.98 Å². The summed E-state index contributed by atoms with van der Waals surface area (Å²) in [5.74, 6) is -0.492. The average Bonchev–Trinajstić information content (AvgIpc) is 3.24. The molecule has 0 fully saturated rings. The summed E-state index contributed by atoms with van der Waals surface area (Å²) in [7, 11) is 0. The molecular weight excluding hydrogens is 456 g/mol. The zero-order valence-electron chi connectivity index (χ0n) is 17.4. The van der Waals surface area contributed by atoms with Crippen molar-refractivity contribution in [3.8, 4) is 22.5 Å². The molecule has 3 aromatic carbocycles. The Balaban J connectivity index is 0.000000162. The van der Waals surface area contributed by atoms with Crippen molar-refractivity contribution < 1.29 is 20.9 Å². The van der Waals surface area contributed by atoms with E-state index in [1.807, 2.05) is 48.5 Å². The molecule has 3 nitrogen and oxygen atoms in total. The molecule has 5 heteroatoms. The van der Waals surface area contributed by atoms with Crippen LogP contribution in [-0.4, -0.2) is 9.97 Å². The van der Waals surface area contributed by atoms with E-state index in [0.717, 1.165) is 27.9 Å². The smallest absolute Gasteiger partial charge is 0.657 e. The van der Waals surface area contributed by atoms with Gasteiger partial charge in [-0.25, -0.2) is 0 Å². The van der Waals surface area contributed by atoms with Crippen LogP contribution in [0, 0.1) is 12.0 Å². The fraction of sp³-hybridized carbons (Fsp3) is 0. The van der Waals surface area contributed by atoms with Gasteiger partial charge in [-0.2, -0.15) is 4.39 Å². The van der Waals surface area contributed by atoms with Gasteiger partial charge in [0.25, 0.3) is 0 Å². The second-order valence-electron chi connectivity index (χ2n) is 7.18. The van der Waals surface area contributed by atoms with Crippen LogP contribution in [0.2, 0.25) is 0 Å². The number of rotatable bonds is 2. The molecule has 3 heterocycles. The van der Waals surface area contributed by atoms with Crippen LogP contribution in [0.25, 0.3) is 44.3 Å². The third kappa shape index (κ3) is 5.00. The van der Waals surface area contributed by atoms with Crippen molar-refractivity contribution >= 4 is 21.8 Å². The second kappa shape index (κ2) is 10.2. The molecule has 0 amide bonds. The number of para-hydroxylation sites is 2. The Bertz CT molecular complexity index is 1450. The van der Waals surface area contributed by atoms with Gasteiger partial charge in [-0.15, -0.1) is 35.3 Å². The summed E-state index contributed by atoms with van der Waals surface area (Å²) >= 11 is 0. The number of benzene rings is 3. The van der Waals surface area contributed by atoms with Gasteiger partial charge in [-0.05, 0) is 22.9 Å². The number of hydrogen-bond donors (Lipinski definition) is 0. The van der Waals surface area contributed by atoms with Crippen LogP contribution < -0.4 is 4.98 Å². The van der Waals surface area contributed by atoms with Crippen LogP contribution >= 0.6 is 0 Å². The van der Waals surface area contributed by atoms with Gasteiger partial charge in [0.2, 0.25) is 5.95 Å². The van der Waals surface area contributed by atoms with Crippen molar-refractivity contribution in [2.24, 2.45) is 0 Å². The molecule has 0 atom stereocenters. The molecule has 0 N–H and O–H groups in total. The molecular formula is C28H18FN3Ni. The first kappa shape index (κ1) is 22.4. The summed E-state index contributed by atoms with van der Waals surface area (Å²) in [4.78, 5) is 12.7. The molecule has 0 saturated heterocycles. The van der Waals surface area contributed by atoms with Crippen molar-refractivity contribution in [2.45, 2.75) is 0 Å². The van der Waals surface area contributed by atoms with Crippen molar-refractivity contribution in [2.75, 3.05) is 0 Å². The average molecular weight is 474 g/mol. The third-order valence-corrected chi connectivity index (χ3v) is 5.07. The number of fused-ring (bicyclic) bond motifs is 3. The van der Waals surface area contributed by atoms with Crippen LogP contribution in [0.4, 0.5) is 4.39 Å². The zero-order valence-corrected chi connectivity index (χ0v) is 18.4. The summed E-state index contributed by atoms with van der Waals surface area (Å²) in [5.41, 5.74) is 5.19. The standard InChI is InChI=1S/C16H10FN2.C12H8N.Ni/c17-16-9-4-8-15(19-16)13-6-3-5-12(11-13)14-7-1-2-10-18-14;1-3-7-11-9(5-1)10-6-2-4-8-12(10)13-11;/h1-10H;1-8H;/q2*-1;+2. The maximum atomic E-state index is 13.1. The van der Waals surface area contributed by atoms with Gasteiger partial charge in [0.05, 0.1) is 0 Å². The minimum atomic E-state index is -0.492. The molecule has 6 rings (SSSR count). The van der Waals surface area contributed by atoms with Crippen LogP contribution in [0.1, 0.15) is 0 Å². The largest absolute Gasteiger partial charge is 2.00 e. The second-order valence-corrected chi connectivity index (χ2v) is 7.18. The number of hydrogen-bond acceptors (Lipinski definition) is 2. The molecule has 0 spiro atoms. The first-order valence-corrected chi connectivity index (χ1v) is 10.2. The van der Waals surface area contributed by atoms with E-state index in [4.69, 9.17) is 0 Å². The molecule has 6 aromatic rings. The van der Waals surface area contributed by atoms with E-state index in [1.165, 1.54) is 16.8 Å². The monoisotopic (exact) mass is 473 g/mol. The van der Waals surface area contributed by atoms with Crippen molar-refractivity contribution in [3.05, 3.63) is 121 Å². The molecule has 0 radical (unpaired) electrons. The Labute approximate surface area is 201 Å². The maximum Gasteiger partial charge on any atom is 2.00 e. The van der Waals surface area contributed by atoms with Crippen molar-refractivity contribution in [3.63, 3.8) is 0 Å². The number of pyridine rings is 2. The molecule has 0 aliphatic carbocycles. The molecule has 0 bridgehead atoms. The fourth-order valence-electron chi connectivity index (χ4n) is 3.58. The van der Waals surface area contributed by atoms with Gasteiger partial charge in [0.15, 0.2) is 0 Å². The van der Waals surface area contributed by atoms with E-state index in [0.29, 0.717) is 5.69 Å². The molecule has 162 valence electrons. The molecule has 0 saturated carbocycles. The molecule has 0 aliphatic rings. The predicted octanol–water partition coefficient (Wildman–Crippen LogP) is 6.70. The first-order chi connectivity index (χ1) is 15.8. The van der Waals surface area contributed by atoms with Crippen LogP contribution in [0.5, 0.6) is 0 Å². The Morgan fingerprint density at radius 3 is 1.82 bits per heavy atom. The summed E-state index contributed by atoms with van der Waals surface area (Å²) < 4.78 is 13.1. The van der Waals surface area contributed by atoms with Gasteiger partial charge >= 0.3 is 16.5 Å². The van der Waals surface area contributed by atoms with Crippen molar-refractivity contribution in [1.29, 1.82) is 0 Å². The van der Waals surface area contributed by atoms with Crippen molar-refractivity contribution in [1.82, 2.24) is 15.0 Å². The molecule has 0 aliphatic heterocycles. The van der Waals surface area contributed by atoms with Gasteiger partial charge in [0, 0.05) is 17.6 Å². The minimum Gasteiger partial charge on any atom is -0.657 e. The molecule has 3 aromatic heterocycles. The SMILES string of the molecule is Fc1cccc(-c2[c-]c(-c3ccccn3)ccc2)n1.[Ni+2].c1ccc2c(c1)[n-]c1ccccc12. The Kier molecular flexibility index (Phi) is 6.92. The van der Waals surface area contributed by atoms with Gasteiger partial charge in [-0.1, -0.05) is 83.9 Å². The summed E-state index contributed by atoms with van der Waals surface area (Å²) in [5, 5.41) is 2.50. The van der Waals surface area contributed by atoms with Crippen LogP contribution in [0.15, 0.2) is 109 Å². The number of nitrogens with zero attached hydrogens (tertiary/aromatic N) is 3. The van der Waals surface area contributed by atoms with E-state index in [1.54, 1.807) is 18.3 Å². The number of halogens is 1. The van der Waals surface area contributed by atoms with E-state index >= 15 is 0 Å². The maximum absolute atomic E-state index is 13.1. The van der Waals surface area contributed by atoms with Crippen LogP contribution in [-0.2, 0) is 16.5 Å². The van der Waals surface area contributed by atoms with E-state index in [-0.39, 0.29) is 16.5 Å². The quantitative estimate of drug-likeness (QED) is 0.159. The van der Waals surface area contributed by atoms with E-state index < -0.39 is 5.95 Å². The Morgan fingerprint density at radius 1 is 0.606 bits per heavy atom. The van der Waals surface area contributed by atoms with E-state index in [2.05, 4.69) is 57.4 Å². The fourth-order valence-corrected chi connectivity index (χ4v) is 3.58. The zero-order chi connectivity index (χ0) is 21.8. The normalized spacial score (nSPS) is 10.3. The third-order valence-electron chi connectivity index (χ3n) is 5.07. The molecule has 0 unspecified atom stereocenters. The number of aromatic nitrogens is 3. The summed E-state index contributed by atoms with van der Waals surface area (Å²) in [6.07, 6.45) is 1.73. The minimum absolute atomic E-state index is 0. The Hall–Kier alpha value is -3.82.